The number of likely N-dealkylation sites (N-methyl/N-ethyl adjacent to an activating group) is 1. The molecule has 1 aliphatic heterocycles. The standard InChI is InChI=1S/C12H15F3N2O2S.ClH/c1-17(10-5-6-16-8-10)20(18,19)11-4-2-3-9(7-11)12(13,14)15;/h2-4,7,10,16H,5-6,8H2,1H3;1H. The summed E-state index contributed by atoms with van der Waals surface area (Å²) in [4.78, 5) is -0.332. The zero-order valence-corrected chi connectivity index (χ0v) is 12.9. The molecule has 1 saturated heterocycles. The van der Waals surface area contributed by atoms with Crippen LogP contribution >= 0.6 is 12.4 Å². The molecule has 0 spiro atoms. The van der Waals surface area contributed by atoms with Crippen LogP contribution < -0.4 is 5.32 Å². The molecule has 0 saturated carbocycles. The molecular weight excluding hydrogens is 329 g/mol. The lowest BCUT2D eigenvalue weighted by Crippen LogP contribution is -2.38. The summed E-state index contributed by atoms with van der Waals surface area (Å²) in [6.45, 7) is 1.21. The molecule has 1 unspecified atom stereocenters. The van der Waals surface area contributed by atoms with Gasteiger partial charge in [0.15, 0.2) is 0 Å². The fourth-order valence-corrected chi connectivity index (χ4v) is 3.58. The van der Waals surface area contributed by atoms with Gasteiger partial charge >= 0.3 is 6.18 Å². The van der Waals surface area contributed by atoms with Crippen molar-refractivity contribution >= 4 is 22.4 Å². The molecule has 1 aliphatic rings. The van der Waals surface area contributed by atoms with E-state index in [1.54, 1.807) is 0 Å². The molecule has 0 bridgehead atoms. The molecule has 1 aromatic carbocycles. The predicted molar refractivity (Wildman–Crippen MR) is 74.9 cm³/mol. The summed E-state index contributed by atoms with van der Waals surface area (Å²) < 4.78 is 63.7. The Morgan fingerprint density at radius 2 is 2.00 bits per heavy atom. The molecule has 1 N–H and O–H groups in total. The lowest BCUT2D eigenvalue weighted by atomic mass is 10.2. The number of benzene rings is 1. The smallest absolute Gasteiger partial charge is 0.315 e. The molecular formula is C12H16ClF3N2O2S. The van der Waals surface area contributed by atoms with Crippen LogP contribution in [0.3, 0.4) is 0 Å². The van der Waals surface area contributed by atoms with Crippen molar-refractivity contribution in [2.24, 2.45) is 0 Å². The number of hydrogen-bond donors (Lipinski definition) is 1. The van der Waals surface area contributed by atoms with Crippen molar-refractivity contribution < 1.29 is 21.6 Å². The van der Waals surface area contributed by atoms with E-state index in [9.17, 15) is 21.6 Å². The highest BCUT2D eigenvalue weighted by atomic mass is 35.5. The minimum atomic E-state index is -4.56. The van der Waals surface area contributed by atoms with Crippen LogP contribution in [-0.4, -0.2) is 38.9 Å². The second-order valence-electron chi connectivity index (χ2n) is 4.69. The Morgan fingerprint density at radius 1 is 1.33 bits per heavy atom. The third-order valence-electron chi connectivity index (χ3n) is 3.39. The van der Waals surface area contributed by atoms with Crippen molar-refractivity contribution in [1.29, 1.82) is 0 Å². The Hall–Kier alpha value is -0.830. The molecule has 1 fully saturated rings. The van der Waals surface area contributed by atoms with Crippen molar-refractivity contribution in [2.75, 3.05) is 20.1 Å². The molecule has 1 atom stereocenters. The van der Waals surface area contributed by atoms with Gasteiger partial charge in [-0.15, -0.1) is 12.4 Å². The second-order valence-corrected chi connectivity index (χ2v) is 6.69. The van der Waals surface area contributed by atoms with Crippen LogP contribution in [0, 0.1) is 0 Å². The molecule has 0 radical (unpaired) electrons. The van der Waals surface area contributed by atoms with Gasteiger partial charge in [0.2, 0.25) is 10.0 Å². The fraction of sp³-hybridized carbons (Fsp3) is 0.500. The fourth-order valence-electron chi connectivity index (χ4n) is 2.15. The van der Waals surface area contributed by atoms with E-state index in [-0.39, 0.29) is 23.3 Å². The molecule has 21 heavy (non-hydrogen) atoms. The van der Waals surface area contributed by atoms with Crippen LogP contribution in [0.25, 0.3) is 0 Å². The lowest BCUT2D eigenvalue weighted by molar-refractivity contribution is -0.137. The minimum Gasteiger partial charge on any atom is -0.315 e. The summed E-state index contributed by atoms with van der Waals surface area (Å²) in [7, 11) is -2.52. The summed E-state index contributed by atoms with van der Waals surface area (Å²) in [5, 5.41) is 3.03. The van der Waals surface area contributed by atoms with E-state index < -0.39 is 21.8 Å². The second kappa shape index (κ2) is 6.51. The summed E-state index contributed by atoms with van der Waals surface area (Å²) >= 11 is 0. The number of rotatable bonds is 3. The molecule has 4 nitrogen and oxygen atoms in total. The van der Waals surface area contributed by atoms with Gasteiger partial charge in [0.25, 0.3) is 0 Å². The molecule has 0 aliphatic carbocycles. The summed E-state index contributed by atoms with van der Waals surface area (Å²) in [5.74, 6) is 0. The number of hydrogen-bond acceptors (Lipinski definition) is 3. The van der Waals surface area contributed by atoms with Crippen molar-refractivity contribution in [2.45, 2.75) is 23.5 Å². The van der Waals surface area contributed by atoms with Gasteiger partial charge in [-0.3, -0.25) is 0 Å². The van der Waals surface area contributed by atoms with Crippen molar-refractivity contribution in [3.05, 3.63) is 29.8 Å². The average molecular weight is 345 g/mol. The Kier molecular flexibility index (Phi) is 5.65. The minimum absolute atomic E-state index is 0. The van der Waals surface area contributed by atoms with Gasteiger partial charge in [0.05, 0.1) is 10.5 Å². The van der Waals surface area contributed by atoms with Crippen molar-refractivity contribution in [3.8, 4) is 0 Å². The quantitative estimate of drug-likeness (QED) is 0.913. The maximum atomic E-state index is 12.6. The average Bonchev–Trinajstić information content (AvgIpc) is 2.90. The van der Waals surface area contributed by atoms with Gasteiger partial charge in [-0.25, -0.2) is 8.42 Å². The highest BCUT2D eigenvalue weighted by Gasteiger charge is 2.34. The van der Waals surface area contributed by atoms with Crippen LogP contribution in [0.4, 0.5) is 13.2 Å². The van der Waals surface area contributed by atoms with Gasteiger partial charge in [0, 0.05) is 19.6 Å². The maximum Gasteiger partial charge on any atom is 0.416 e. The SMILES string of the molecule is CN(C1CCNC1)S(=O)(=O)c1cccc(C(F)(F)F)c1.Cl. The number of halogens is 4. The zero-order valence-electron chi connectivity index (χ0n) is 11.2. The van der Waals surface area contributed by atoms with Crippen LogP contribution in [0.1, 0.15) is 12.0 Å². The molecule has 2 rings (SSSR count). The van der Waals surface area contributed by atoms with Crippen LogP contribution in [0.15, 0.2) is 29.2 Å². The third kappa shape index (κ3) is 3.88. The molecule has 0 amide bonds. The summed E-state index contributed by atoms with van der Waals surface area (Å²) in [5.41, 5.74) is -0.962. The normalized spacial score (nSPS) is 19.6. The first-order chi connectivity index (χ1) is 9.23. The van der Waals surface area contributed by atoms with Gasteiger partial charge in [0.1, 0.15) is 0 Å². The van der Waals surface area contributed by atoms with Crippen molar-refractivity contribution in [1.82, 2.24) is 9.62 Å². The van der Waals surface area contributed by atoms with Gasteiger partial charge < -0.3 is 5.32 Å². The maximum absolute atomic E-state index is 12.6. The number of sulfonamides is 1. The van der Waals surface area contributed by atoms with E-state index in [1.165, 1.54) is 13.1 Å². The van der Waals surface area contributed by atoms with Gasteiger partial charge in [-0.1, -0.05) is 6.07 Å². The molecule has 9 heteroatoms. The van der Waals surface area contributed by atoms with Crippen molar-refractivity contribution in [3.63, 3.8) is 0 Å². The van der Waals surface area contributed by atoms with Crippen LogP contribution in [0.2, 0.25) is 0 Å². The Labute approximate surface area is 127 Å². The van der Waals surface area contributed by atoms with E-state index in [0.29, 0.717) is 25.6 Å². The largest absolute Gasteiger partial charge is 0.416 e. The molecule has 0 aromatic heterocycles. The molecule has 1 aromatic rings. The highest BCUT2D eigenvalue weighted by Crippen LogP contribution is 2.31. The lowest BCUT2D eigenvalue weighted by Gasteiger charge is -2.23. The Morgan fingerprint density at radius 3 is 2.52 bits per heavy atom. The summed E-state index contributed by atoms with van der Waals surface area (Å²) in [6, 6.07) is 3.60. The van der Waals surface area contributed by atoms with E-state index >= 15 is 0 Å². The predicted octanol–water partition coefficient (Wildman–Crippen LogP) is 2.11. The highest BCUT2D eigenvalue weighted by molar-refractivity contribution is 7.89. The number of alkyl halides is 3. The third-order valence-corrected chi connectivity index (χ3v) is 5.29. The van der Waals surface area contributed by atoms with E-state index in [4.69, 9.17) is 0 Å². The van der Waals surface area contributed by atoms with E-state index in [1.807, 2.05) is 0 Å². The topological polar surface area (TPSA) is 49.4 Å². The first kappa shape index (κ1) is 18.2. The first-order valence-electron chi connectivity index (χ1n) is 6.09. The van der Waals surface area contributed by atoms with Crippen LogP contribution in [-0.2, 0) is 16.2 Å². The first-order valence-corrected chi connectivity index (χ1v) is 7.53. The number of nitrogens with zero attached hydrogens (tertiary/aromatic N) is 1. The number of nitrogens with one attached hydrogen (secondary N) is 1. The molecule has 120 valence electrons. The Balaban J connectivity index is 0.00000220. The monoisotopic (exact) mass is 344 g/mol. The summed E-state index contributed by atoms with van der Waals surface area (Å²) in [6.07, 6.45) is -3.91. The molecule has 1 heterocycles. The van der Waals surface area contributed by atoms with E-state index in [0.717, 1.165) is 16.4 Å². The van der Waals surface area contributed by atoms with Crippen LogP contribution in [0.5, 0.6) is 0 Å². The van der Waals surface area contributed by atoms with Gasteiger partial charge in [-0.05, 0) is 31.2 Å². The Bertz CT molecular complexity index is 586. The zero-order chi connectivity index (χ0) is 15.0. The van der Waals surface area contributed by atoms with Gasteiger partial charge in [-0.2, -0.15) is 17.5 Å². The van der Waals surface area contributed by atoms with E-state index in [2.05, 4.69) is 5.32 Å².